The Bertz CT molecular complexity index is 674. The Hall–Kier alpha value is -1.81. The van der Waals surface area contributed by atoms with Gasteiger partial charge in [0.15, 0.2) is 0 Å². The zero-order chi connectivity index (χ0) is 15.0. The second kappa shape index (κ2) is 5.53. The van der Waals surface area contributed by atoms with Crippen molar-refractivity contribution in [2.75, 3.05) is 6.61 Å². The molecule has 2 heterocycles. The Morgan fingerprint density at radius 2 is 2.33 bits per heavy atom. The molecule has 2 aromatic rings. The van der Waals surface area contributed by atoms with Crippen molar-refractivity contribution < 1.29 is 14.6 Å². The minimum Gasteiger partial charge on any atom is -0.481 e. The molecule has 1 aliphatic rings. The fraction of sp³-hybridized carbons (Fsp3) is 0.471. The Balaban J connectivity index is 2.07. The van der Waals surface area contributed by atoms with E-state index in [1.165, 1.54) is 22.0 Å². The molecule has 1 aromatic carbocycles. The lowest BCUT2D eigenvalue weighted by molar-refractivity contribution is -0.139. The van der Waals surface area contributed by atoms with Crippen LogP contribution in [-0.4, -0.2) is 22.7 Å². The second-order valence-electron chi connectivity index (χ2n) is 5.83. The monoisotopic (exact) mass is 287 g/mol. The van der Waals surface area contributed by atoms with E-state index in [0.29, 0.717) is 6.61 Å². The van der Waals surface area contributed by atoms with Gasteiger partial charge in [-0.2, -0.15) is 0 Å². The Morgan fingerprint density at radius 1 is 1.52 bits per heavy atom. The van der Waals surface area contributed by atoms with Gasteiger partial charge in [0.2, 0.25) is 0 Å². The summed E-state index contributed by atoms with van der Waals surface area (Å²) < 4.78 is 5.88. The van der Waals surface area contributed by atoms with Crippen molar-refractivity contribution in [3.8, 4) is 0 Å². The molecular weight excluding hydrogens is 266 g/mol. The third kappa shape index (κ3) is 2.44. The molecule has 0 radical (unpaired) electrons. The molecule has 1 aromatic heterocycles. The highest BCUT2D eigenvalue weighted by molar-refractivity contribution is 5.87. The first kappa shape index (κ1) is 14.1. The normalized spacial score (nSPS) is 19.4. The summed E-state index contributed by atoms with van der Waals surface area (Å²) >= 11 is 0. The van der Waals surface area contributed by atoms with E-state index in [1.54, 1.807) is 0 Å². The number of carboxylic acids is 1. The number of para-hydroxylation sites is 1. The van der Waals surface area contributed by atoms with Gasteiger partial charge in [-0.05, 0) is 29.9 Å². The summed E-state index contributed by atoms with van der Waals surface area (Å²) in [7, 11) is 0. The molecule has 0 amide bonds. The fourth-order valence-corrected chi connectivity index (χ4v) is 3.36. The molecule has 4 nitrogen and oxygen atoms in total. The van der Waals surface area contributed by atoms with Crippen LogP contribution in [0.25, 0.3) is 10.9 Å². The molecule has 112 valence electrons. The van der Waals surface area contributed by atoms with Gasteiger partial charge in [0.25, 0.3) is 0 Å². The topological polar surface area (TPSA) is 62.3 Å². The minimum absolute atomic E-state index is 0.0420. The Kier molecular flexibility index (Phi) is 3.72. The van der Waals surface area contributed by atoms with Crippen LogP contribution < -0.4 is 0 Å². The van der Waals surface area contributed by atoms with Gasteiger partial charge >= 0.3 is 5.97 Å². The number of nitrogens with one attached hydrogen (secondary N) is 1. The maximum absolute atomic E-state index is 11.0. The fourth-order valence-electron chi connectivity index (χ4n) is 3.36. The van der Waals surface area contributed by atoms with Gasteiger partial charge in [0.1, 0.15) is 6.10 Å². The summed E-state index contributed by atoms with van der Waals surface area (Å²) in [6, 6.07) is 6.38. The van der Waals surface area contributed by atoms with Crippen LogP contribution in [0.1, 0.15) is 43.2 Å². The Morgan fingerprint density at radius 3 is 3.05 bits per heavy atom. The first-order valence-electron chi connectivity index (χ1n) is 7.57. The molecule has 1 aliphatic heterocycles. The number of carbonyl (C=O) groups is 1. The standard InChI is InChI=1S/C17H21NO3/c1-3-11-5-4-6-12-13-7-8-21-17(10(2)9-14(19)20)16(13)18-15(11)12/h4-6,10,17-18H,3,7-9H2,1-2H3,(H,19,20). The number of benzene rings is 1. The van der Waals surface area contributed by atoms with E-state index < -0.39 is 5.97 Å². The van der Waals surface area contributed by atoms with Crippen molar-refractivity contribution in [3.05, 3.63) is 35.0 Å². The first-order valence-corrected chi connectivity index (χ1v) is 7.57. The van der Waals surface area contributed by atoms with Gasteiger partial charge in [-0.3, -0.25) is 4.79 Å². The number of hydrogen-bond acceptors (Lipinski definition) is 2. The molecule has 3 rings (SSSR count). The van der Waals surface area contributed by atoms with Crippen LogP contribution in [0.3, 0.4) is 0 Å². The molecule has 2 N–H and O–H groups in total. The lowest BCUT2D eigenvalue weighted by Gasteiger charge is -2.27. The lowest BCUT2D eigenvalue weighted by atomic mass is 9.92. The van der Waals surface area contributed by atoms with Crippen LogP contribution in [0.4, 0.5) is 0 Å². The predicted molar refractivity (Wildman–Crippen MR) is 81.5 cm³/mol. The van der Waals surface area contributed by atoms with E-state index in [2.05, 4.69) is 30.1 Å². The third-order valence-corrected chi connectivity index (χ3v) is 4.39. The Labute approximate surface area is 124 Å². The van der Waals surface area contributed by atoms with Gasteiger partial charge < -0.3 is 14.8 Å². The van der Waals surface area contributed by atoms with Crippen LogP contribution in [0, 0.1) is 5.92 Å². The number of carboxylic acid groups (broad SMARTS) is 1. The highest BCUT2D eigenvalue weighted by atomic mass is 16.5. The number of aryl methyl sites for hydroxylation is 1. The quantitative estimate of drug-likeness (QED) is 0.905. The molecule has 2 unspecified atom stereocenters. The molecule has 21 heavy (non-hydrogen) atoms. The summed E-state index contributed by atoms with van der Waals surface area (Å²) in [5.41, 5.74) is 4.86. The molecular formula is C17H21NO3. The van der Waals surface area contributed by atoms with Crippen molar-refractivity contribution in [1.82, 2.24) is 4.98 Å². The van der Waals surface area contributed by atoms with Crippen LogP contribution >= 0.6 is 0 Å². The van der Waals surface area contributed by atoms with Gasteiger partial charge in [-0.25, -0.2) is 0 Å². The molecule has 0 bridgehead atoms. The van der Waals surface area contributed by atoms with Crippen molar-refractivity contribution in [1.29, 1.82) is 0 Å². The number of hydrogen-bond donors (Lipinski definition) is 2. The van der Waals surface area contributed by atoms with Crippen molar-refractivity contribution in [2.24, 2.45) is 5.92 Å². The van der Waals surface area contributed by atoms with Gasteiger partial charge in [0, 0.05) is 16.6 Å². The molecule has 2 atom stereocenters. The lowest BCUT2D eigenvalue weighted by Crippen LogP contribution is -2.23. The predicted octanol–water partition coefficient (Wildman–Crippen LogP) is 3.45. The van der Waals surface area contributed by atoms with Gasteiger partial charge in [0.05, 0.1) is 13.0 Å². The molecule has 0 saturated carbocycles. The zero-order valence-corrected chi connectivity index (χ0v) is 12.5. The van der Waals surface area contributed by atoms with Crippen molar-refractivity contribution in [3.63, 3.8) is 0 Å². The average Bonchev–Trinajstić information content (AvgIpc) is 2.84. The van der Waals surface area contributed by atoms with E-state index in [-0.39, 0.29) is 18.4 Å². The number of rotatable bonds is 4. The largest absolute Gasteiger partial charge is 0.481 e. The van der Waals surface area contributed by atoms with E-state index in [0.717, 1.165) is 18.5 Å². The number of aromatic amines is 1. The van der Waals surface area contributed by atoms with Crippen LogP contribution in [0.2, 0.25) is 0 Å². The molecule has 0 saturated heterocycles. The third-order valence-electron chi connectivity index (χ3n) is 4.39. The number of H-pyrrole nitrogens is 1. The summed E-state index contributed by atoms with van der Waals surface area (Å²) in [5.74, 6) is -0.816. The van der Waals surface area contributed by atoms with E-state index >= 15 is 0 Å². The molecule has 0 spiro atoms. The van der Waals surface area contributed by atoms with Crippen molar-refractivity contribution >= 4 is 16.9 Å². The minimum atomic E-state index is -0.774. The van der Waals surface area contributed by atoms with E-state index in [9.17, 15) is 4.79 Å². The summed E-state index contributed by atoms with van der Waals surface area (Å²) in [6.45, 7) is 4.75. The van der Waals surface area contributed by atoms with E-state index in [4.69, 9.17) is 9.84 Å². The maximum Gasteiger partial charge on any atom is 0.303 e. The van der Waals surface area contributed by atoms with E-state index in [1.807, 2.05) is 6.92 Å². The highest BCUT2D eigenvalue weighted by Gasteiger charge is 2.30. The smallest absolute Gasteiger partial charge is 0.303 e. The molecule has 4 heteroatoms. The zero-order valence-electron chi connectivity index (χ0n) is 12.5. The van der Waals surface area contributed by atoms with Crippen LogP contribution in [0.15, 0.2) is 18.2 Å². The van der Waals surface area contributed by atoms with Crippen LogP contribution in [-0.2, 0) is 22.4 Å². The summed E-state index contributed by atoms with van der Waals surface area (Å²) in [6.07, 6.45) is 1.84. The molecule has 0 fully saturated rings. The SMILES string of the molecule is CCc1cccc2c3c([nH]c12)C(C(C)CC(=O)O)OCC3. The number of aliphatic carboxylic acids is 1. The first-order chi connectivity index (χ1) is 10.1. The maximum atomic E-state index is 11.0. The van der Waals surface area contributed by atoms with Gasteiger partial charge in [-0.1, -0.05) is 32.0 Å². The molecule has 0 aliphatic carbocycles. The number of fused-ring (bicyclic) bond motifs is 3. The summed E-state index contributed by atoms with van der Waals surface area (Å²) in [5, 5.41) is 10.3. The number of ether oxygens (including phenoxy) is 1. The average molecular weight is 287 g/mol. The number of aromatic nitrogens is 1. The second-order valence-corrected chi connectivity index (χ2v) is 5.83. The highest BCUT2D eigenvalue weighted by Crippen LogP contribution is 2.38. The van der Waals surface area contributed by atoms with Crippen molar-refractivity contribution in [2.45, 2.75) is 39.2 Å². The summed E-state index contributed by atoms with van der Waals surface area (Å²) in [4.78, 5) is 14.5. The van der Waals surface area contributed by atoms with Crippen LogP contribution in [0.5, 0.6) is 0 Å². The van der Waals surface area contributed by atoms with Gasteiger partial charge in [-0.15, -0.1) is 0 Å².